The third-order valence-electron chi connectivity index (χ3n) is 2.73. The third-order valence-corrected chi connectivity index (χ3v) is 4.10. The van der Waals surface area contributed by atoms with Crippen molar-refractivity contribution in [3.05, 3.63) is 34.3 Å². The van der Waals surface area contributed by atoms with Gasteiger partial charge in [0, 0.05) is 11.5 Å². The molecular weight excluding hydrogens is 240 g/mol. The number of benzene rings is 1. The van der Waals surface area contributed by atoms with Crippen molar-refractivity contribution in [1.29, 1.82) is 0 Å². The van der Waals surface area contributed by atoms with Crippen molar-refractivity contribution in [1.82, 2.24) is 4.98 Å². The van der Waals surface area contributed by atoms with E-state index in [2.05, 4.69) is 4.98 Å². The quantitative estimate of drug-likeness (QED) is 0.877. The van der Waals surface area contributed by atoms with Crippen molar-refractivity contribution in [2.75, 3.05) is 5.73 Å². The molecule has 16 heavy (non-hydrogen) atoms. The number of aromatic nitrogens is 1. The SMILES string of the molecule is Nc1sc(C2CC2)nc1-c1ccccc1Cl. The first kappa shape index (κ1) is 10.1. The molecule has 0 unspecified atom stereocenters. The second kappa shape index (κ2) is 3.75. The summed E-state index contributed by atoms with van der Waals surface area (Å²) in [6.45, 7) is 0. The number of nitrogens with zero attached hydrogens (tertiary/aromatic N) is 1. The minimum absolute atomic E-state index is 0.642. The molecule has 1 fully saturated rings. The van der Waals surface area contributed by atoms with Gasteiger partial charge < -0.3 is 5.73 Å². The van der Waals surface area contributed by atoms with E-state index in [1.807, 2.05) is 24.3 Å². The minimum Gasteiger partial charge on any atom is -0.389 e. The smallest absolute Gasteiger partial charge is 0.114 e. The normalized spacial score (nSPS) is 15.3. The molecule has 0 spiro atoms. The Hall–Kier alpha value is -1.06. The molecule has 0 saturated heterocycles. The number of rotatable bonds is 2. The van der Waals surface area contributed by atoms with Crippen LogP contribution < -0.4 is 5.73 Å². The van der Waals surface area contributed by atoms with Crippen LogP contribution >= 0.6 is 22.9 Å². The van der Waals surface area contributed by atoms with Crippen LogP contribution in [0.1, 0.15) is 23.8 Å². The molecule has 0 amide bonds. The zero-order chi connectivity index (χ0) is 11.1. The average molecular weight is 251 g/mol. The molecule has 2 nitrogen and oxygen atoms in total. The molecule has 1 heterocycles. The molecule has 1 aliphatic rings. The van der Waals surface area contributed by atoms with Crippen molar-refractivity contribution >= 4 is 27.9 Å². The summed E-state index contributed by atoms with van der Waals surface area (Å²) in [4.78, 5) is 4.61. The fourth-order valence-electron chi connectivity index (χ4n) is 1.70. The maximum Gasteiger partial charge on any atom is 0.114 e. The monoisotopic (exact) mass is 250 g/mol. The zero-order valence-electron chi connectivity index (χ0n) is 8.61. The average Bonchev–Trinajstić information content (AvgIpc) is 3.04. The van der Waals surface area contributed by atoms with Crippen LogP contribution in [0.2, 0.25) is 5.02 Å². The maximum atomic E-state index is 6.14. The number of nitrogen functional groups attached to an aromatic ring is 1. The molecule has 1 aliphatic carbocycles. The van der Waals surface area contributed by atoms with Crippen molar-refractivity contribution in [3.8, 4) is 11.3 Å². The molecule has 0 atom stereocenters. The van der Waals surface area contributed by atoms with E-state index in [9.17, 15) is 0 Å². The van der Waals surface area contributed by atoms with Crippen LogP contribution in [0.15, 0.2) is 24.3 Å². The van der Waals surface area contributed by atoms with Gasteiger partial charge in [0.1, 0.15) is 10.7 Å². The van der Waals surface area contributed by atoms with E-state index in [-0.39, 0.29) is 0 Å². The summed E-state index contributed by atoms with van der Waals surface area (Å²) in [7, 11) is 0. The van der Waals surface area contributed by atoms with Gasteiger partial charge in [0.25, 0.3) is 0 Å². The molecule has 2 N–H and O–H groups in total. The standard InChI is InChI=1S/C12H11ClN2S/c13-9-4-2-1-3-8(9)10-11(14)16-12(15-10)7-5-6-7/h1-4,7H,5-6,14H2. The van der Waals surface area contributed by atoms with Crippen LogP contribution in [0.3, 0.4) is 0 Å². The van der Waals surface area contributed by atoms with Gasteiger partial charge in [-0.1, -0.05) is 29.8 Å². The molecule has 2 aromatic rings. The predicted octanol–water partition coefficient (Wildman–Crippen LogP) is 3.92. The van der Waals surface area contributed by atoms with E-state index in [0.717, 1.165) is 21.3 Å². The molecule has 1 aromatic heterocycles. The van der Waals surface area contributed by atoms with Gasteiger partial charge in [-0.2, -0.15) is 0 Å². The first-order valence-electron chi connectivity index (χ1n) is 5.27. The second-order valence-electron chi connectivity index (χ2n) is 4.02. The van der Waals surface area contributed by atoms with E-state index < -0.39 is 0 Å². The first-order valence-corrected chi connectivity index (χ1v) is 6.46. The number of hydrogen-bond donors (Lipinski definition) is 1. The summed E-state index contributed by atoms with van der Waals surface area (Å²) in [5, 5.41) is 2.64. The minimum atomic E-state index is 0.642. The Bertz CT molecular complexity index is 532. The Balaban J connectivity index is 2.08. The van der Waals surface area contributed by atoms with E-state index in [4.69, 9.17) is 17.3 Å². The summed E-state index contributed by atoms with van der Waals surface area (Å²) in [6.07, 6.45) is 2.49. The fraction of sp³-hybridized carbons (Fsp3) is 0.250. The summed E-state index contributed by atoms with van der Waals surface area (Å²) < 4.78 is 0. The highest BCUT2D eigenvalue weighted by atomic mass is 35.5. The number of thiazole rings is 1. The lowest BCUT2D eigenvalue weighted by Crippen LogP contribution is -1.86. The van der Waals surface area contributed by atoms with E-state index in [1.165, 1.54) is 12.8 Å². The maximum absolute atomic E-state index is 6.14. The Morgan fingerprint density at radius 3 is 2.75 bits per heavy atom. The lowest BCUT2D eigenvalue weighted by Gasteiger charge is -2.00. The lowest BCUT2D eigenvalue weighted by atomic mass is 10.1. The van der Waals surface area contributed by atoms with Gasteiger partial charge >= 0.3 is 0 Å². The summed E-state index contributed by atoms with van der Waals surface area (Å²) in [6, 6.07) is 7.70. The fourth-order valence-corrected chi connectivity index (χ4v) is 2.94. The summed E-state index contributed by atoms with van der Waals surface area (Å²) in [5.74, 6) is 0.642. The van der Waals surface area contributed by atoms with Gasteiger partial charge in [-0.3, -0.25) is 0 Å². The van der Waals surface area contributed by atoms with Crippen LogP contribution in [0, 0.1) is 0 Å². The molecule has 3 rings (SSSR count). The predicted molar refractivity (Wildman–Crippen MR) is 68.9 cm³/mol. The van der Waals surface area contributed by atoms with Gasteiger partial charge in [-0.05, 0) is 18.9 Å². The highest BCUT2D eigenvalue weighted by Crippen LogP contribution is 2.45. The largest absolute Gasteiger partial charge is 0.389 e. The van der Waals surface area contributed by atoms with Crippen LogP contribution in [0.5, 0.6) is 0 Å². The highest BCUT2D eigenvalue weighted by molar-refractivity contribution is 7.16. The van der Waals surface area contributed by atoms with Gasteiger partial charge in [-0.15, -0.1) is 11.3 Å². The second-order valence-corrected chi connectivity index (χ2v) is 5.49. The van der Waals surface area contributed by atoms with Crippen LogP contribution in [0.4, 0.5) is 5.00 Å². The summed E-state index contributed by atoms with van der Waals surface area (Å²) in [5.41, 5.74) is 7.79. The Morgan fingerprint density at radius 2 is 2.06 bits per heavy atom. The van der Waals surface area contributed by atoms with Gasteiger partial charge in [-0.25, -0.2) is 4.98 Å². The molecule has 1 saturated carbocycles. The molecule has 0 bridgehead atoms. The topological polar surface area (TPSA) is 38.9 Å². The number of halogens is 1. The molecular formula is C12H11ClN2S. The molecule has 4 heteroatoms. The van der Waals surface area contributed by atoms with Gasteiger partial charge in [0.15, 0.2) is 0 Å². The number of hydrogen-bond acceptors (Lipinski definition) is 3. The van der Waals surface area contributed by atoms with Gasteiger partial charge in [0.05, 0.1) is 10.0 Å². The number of nitrogens with two attached hydrogens (primary N) is 1. The molecule has 82 valence electrons. The zero-order valence-corrected chi connectivity index (χ0v) is 10.2. The van der Waals surface area contributed by atoms with E-state index >= 15 is 0 Å². The Morgan fingerprint density at radius 1 is 1.31 bits per heavy atom. The molecule has 0 radical (unpaired) electrons. The van der Waals surface area contributed by atoms with E-state index in [1.54, 1.807) is 11.3 Å². The molecule has 0 aliphatic heterocycles. The molecule has 1 aromatic carbocycles. The Kier molecular flexibility index (Phi) is 2.37. The van der Waals surface area contributed by atoms with E-state index in [0.29, 0.717) is 10.9 Å². The van der Waals surface area contributed by atoms with Crippen LogP contribution in [0.25, 0.3) is 11.3 Å². The Labute approximate surface area is 103 Å². The van der Waals surface area contributed by atoms with Crippen LogP contribution in [-0.4, -0.2) is 4.98 Å². The van der Waals surface area contributed by atoms with Crippen molar-refractivity contribution < 1.29 is 0 Å². The van der Waals surface area contributed by atoms with Crippen molar-refractivity contribution in [3.63, 3.8) is 0 Å². The lowest BCUT2D eigenvalue weighted by molar-refractivity contribution is 1.09. The van der Waals surface area contributed by atoms with Crippen molar-refractivity contribution in [2.24, 2.45) is 0 Å². The van der Waals surface area contributed by atoms with Crippen LogP contribution in [-0.2, 0) is 0 Å². The van der Waals surface area contributed by atoms with Crippen molar-refractivity contribution in [2.45, 2.75) is 18.8 Å². The van der Waals surface area contributed by atoms with Gasteiger partial charge in [0.2, 0.25) is 0 Å². The first-order chi connectivity index (χ1) is 7.75. The summed E-state index contributed by atoms with van der Waals surface area (Å²) >= 11 is 7.74. The third kappa shape index (κ3) is 1.70. The number of anilines is 1. The highest BCUT2D eigenvalue weighted by Gasteiger charge is 2.28.